The molecule has 1 N–H and O–H groups in total. The Labute approximate surface area is 126 Å². The highest BCUT2D eigenvalue weighted by atomic mass is 35.5. The molecule has 0 aliphatic carbocycles. The molecule has 0 amide bonds. The fourth-order valence-electron chi connectivity index (χ4n) is 1.68. The van der Waals surface area contributed by atoms with Crippen molar-refractivity contribution >= 4 is 28.8 Å². The molecule has 5 nitrogen and oxygen atoms in total. The Kier molecular flexibility index (Phi) is 4.68. The standard InChI is InChI=1S/C15H11ClN2O3/c16-12-6-7-13(14(10-12)18(20)21)17-9-8-15(19)11-4-2-1-3-5-11/h1-10,17H/b9-8+. The second kappa shape index (κ2) is 6.67. The van der Waals surface area contributed by atoms with E-state index in [4.69, 9.17) is 11.6 Å². The van der Waals surface area contributed by atoms with E-state index in [0.717, 1.165) is 0 Å². The number of nitro benzene ring substituents is 1. The lowest BCUT2D eigenvalue weighted by Crippen LogP contribution is -1.98. The summed E-state index contributed by atoms with van der Waals surface area (Å²) >= 11 is 5.72. The van der Waals surface area contributed by atoms with Gasteiger partial charge in [0.05, 0.1) is 4.92 Å². The molecule has 2 aromatic rings. The average molecular weight is 303 g/mol. The van der Waals surface area contributed by atoms with E-state index in [9.17, 15) is 14.9 Å². The van der Waals surface area contributed by atoms with E-state index in [1.165, 1.54) is 30.5 Å². The van der Waals surface area contributed by atoms with Crippen molar-refractivity contribution in [2.24, 2.45) is 0 Å². The van der Waals surface area contributed by atoms with Crippen molar-refractivity contribution in [2.45, 2.75) is 0 Å². The summed E-state index contributed by atoms with van der Waals surface area (Å²) in [6, 6.07) is 13.0. The predicted octanol–water partition coefficient (Wildman–Crippen LogP) is 4.06. The van der Waals surface area contributed by atoms with Crippen molar-refractivity contribution < 1.29 is 9.72 Å². The lowest BCUT2D eigenvalue weighted by molar-refractivity contribution is -0.383. The third kappa shape index (κ3) is 3.90. The molecule has 6 heteroatoms. The van der Waals surface area contributed by atoms with Crippen LogP contribution in [0.15, 0.2) is 60.8 Å². The first-order chi connectivity index (χ1) is 10.1. The van der Waals surface area contributed by atoms with Gasteiger partial charge in [-0.3, -0.25) is 14.9 Å². The van der Waals surface area contributed by atoms with E-state index in [1.807, 2.05) is 6.07 Å². The Hall–Kier alpha value is -2.66. The molecule has 2 aromatic carbocycles. The Balaban J connectivity index is 2.11. The largest absolute Gasteiger partial charge is 0.356 e. The number of benzene rings is 2. The summed E-state index contributed by atoms with van der Waals surface area (Å²) in [5, 5.41) is 13.9. The van der Waals surface area contributed by atoms with E-state index in [-0.39, 0.29) is 22.2 Å². The summed E-state index contributed by atoms with van der Waals surface area (Å²) in [6.07, 6.45) is 2.68. The van der Waals surface area contributed by atoms with Crippen LogP contribution in [-0.4, -0.2) is 10.7 Å². The highest BCUT2D eigenvalue weighted by Gasteiger charge is 2.13. The summed E-state index contributed by atoms with van der Waals surface area (Å²) in [7, 11) is 0. The summed E-state index contributed by atoms with van der Waals surface area (Å²) in [6.45, 7) is 0. The summed E-state index contributed by atoms with van der Waals surface area (Å²) in [5.41, 5.74) is 0.655. The van der Waals surface area contributed by atoms with Crippen LogP contribution in [0.25, 0.3) is 0 Å². The van der Waals surface area contributed by atoms with E-state index in [2.05, 4.69) is 5.32 Å². The summed E-state index contributed by atoms with van der Waals surface area (Å²) < 4.78 is 0. The maximum absolute atomic E-state index is 11.8. The van der Waals surface area contributed by atoms with Gasteiger partial charge in [-0.05, 0) is 12.1 Å². The Morgan fingerprint density at radius 2 is 1.90 bits per heavy atom. The zero-order valence-corrected chi connectivity index (χ0v) is 11.6. The van der Waals surface area contributed by atoms with Crippen LogP contribution in [0.5, 0.6) is 0 Å². The fraction of sp³-hybridized carbons (Fsp3) is 0. The number of hydrogen-bond acceptors (Lipinski definition) is 4. The minimum absolute atomic E-state index is 0.153. The molecular weight excluding hydrogens is 292 g/mol. The van der Waals surface area contributed by atoms with Crippen molar-refractivity contribution in [3.8, 4) is 0 Å². The molecule has 0 unspecified atom stereocenters. The minimum Gasteiger partial charge on any atom is -0.356 e. The smallest absolute Gasteiger partial charge is 0.294 e. The normalized spacial score (nSPS) is 10.5. The molecular formula is C15H11ClN2O3. The van der Waals surface area contributed by atoms with Gasteiger partial charge in [0, 0.05) is 28.9 Å². The molecule has 0 aliphatic rings. The number of carbonyl (C=O) groups excluding carboxylic acids is 1. The lowest BCUT2D eigenvalue weighted by atomic mass is 10.1. The van der Waals surface area contributed by atoms with Gasteiger partial charge in [0.1, 0.15) is 5.69 Å². The van der Waals surface area contributed by atoms with Gasteiger partial charge in [0.15, 0.2) is 5.78 Å². The van der Waals surface area contributed by atoms with Gasteiger partial charge >= 0.3 is 0 Å². The van der Waals surface area contributed by atoms with Crippen molar-refractivity contribution in [3.63, 3.8) is 0 Å². The van der Waals surface area contributed by atoms with Crippen LogP contribution in [0.4, 0.5) is 11.4 Å². The molecule has 2 rings (SSSR count). The number of nitrogens with zero attached hydrogens (tertiary/aromatic N) is 1. The second-order valence-electron chi connectivity index (χ2n) is 4.13. The molecule has 0 saturated carbocycles. The molecule has 0 fully saturated rings. The number of rotatable bonds is 5. The lowest BCUT2D eigenvalue weighted by Gasteiger charge is -2.02. The Morgan fingerprint density at radius 1 is 1.19 bits per heavy atom. The number of carbonyl (C=O) groups is 1. The van der Waals surface area contributed by atoms with Crippen LogP contribution >= 0.6 is 11.6 Å². The quantitative estimate of drug-likeness (QED) is 0.391. The van der Waals surface area contributed by atoms with Crippen molar-refractivity contribution in [2.75, 3.05) is 5.32 Å². The molecule has 0 atom stereocenters. The van der Waals surface area contributed by atoms with Crippen LogP contribution < -0.4 is 5.32 Å². The first-order valence-electron chi connectivity index (χ1n) is 6.04. The highest BCUT2D eigenvalue weighted by molar-refractivity contribution is 6.30. The van der Waals surface area contributed by atoms with E-state index in [1.54, 1.807) is 24.3 Å². The average Bonchev–Trinajstić information content (AvgIpc) is 2.49. The SMILES string of the molecule is O=C(/C=C/Nc1ccc(Cl)cc1[N+](=O)[O-])c1ccccc1. The zero-order valence-electron chi connectivity index (χ0n) is 10.8. The molecule has 0 aliphatic heterocycles. The van der Waals surface area contributed by atoms with Gasteiger partial charge in [-0.1, -0.05) is 41.9 Å². The molecule has 0 aromatic heterocycles. The van der Waals surface area contributed by atoms with Gasteiger partial charge in [-0.25, -0.2) is 0 Å². The summed E-state index contributed by atoms with van der Waals surface area (Å²) in [4.78, 5) is 22.2. The number of hydrogen-bond donors (Lipinski definition) is 1. The monoisotopic (exact) mass is 302 g/mol. The number of nitro groups is 1. The fourth-order valence-corrected chi connectivity index (χ4v) is 1.85. The number of ketones is 1. The van der Waals surface area contributed by atoms with Crippen LogP contribution in [0.1, 0.15) is 10.4 Å². The molecule has 106 valence electrons. The minimum atomic E-state index is -0.541. The third-order valence-electron chi connectivity index (χ3n) is 2.69. The molecule has 21 heavy (non-hydrogen) atoms. The van der Waals surface area contributed by atoms with Gasteiger partial charge in [-0.2, -0.15) is 0 Å². The topological polar surface area (TPSA) is 72.2 Å². The number of anilines is 1. The van der Waals surface area contributed by atoms with Crippen molar-refractivity contribution in [3.05, 3.63) is 81.5 Å². The maximum atomic E-state index is 11.8. The number of nitrogens with one attached hydrogen (secondary N) is 1. The number of allylic oxidation sites excluding steroid dienone is 1. The van der Waals surface area contributed by atoms with Crippen LogP contribution in [0, 0.1) is 10.1 Å². The first-order valence-corrected chi connectivity index (χ1v) is 6.42. The Morgan fingerprint density at radius 3 is 2.57 bits per heavy atom. The maximum Gasteiger partial charge on any atom is 0.294 e. The van der Waals surface area contributed by atoms with Crippen LogP contribution in [0.2, 0.25) is 5.02 Å². The highest BCUT2D eigenvalue weighted by Crippen LogP contribution is 2.27. The van der Waals surface area contributed by atoms with E-state index < -0.39 is 4.92 Å². The predicted molar refractivity (Wildman–Crippen MR) is 81.6 cm³/mol. The molecule has 0 heterocycles. The molecule has 0 bridgehead atoms. The molecule has 0 saturated heterocycles. The van der Waals surface area contributed by atoms with Crippen LogP contribution in [0.3, 0.4) is 0 Å². The Bertz CT molecular complexity index is 699. The molecule has 0 radical (unpaired) electrons. The van der Waals surface area contributed by atoms with E-state index in [0.29, 0.717) is 5.56 Å². The first kappa shape index (κ1) is 14.7. The number of halogens is 1. The third-order valence-corrected chi connectivity index (χ3v) is 2.92. The van der Waals surface area contributed by atoms with E-state index >= 15 is 0 Å². The van der Waals surface area contributed by atoms with Crippen molar-refractivity contribution in [1.29, 1.82) is 0 Å². The van der Waals surface area contributed by atoms with Crippen LogP contribution in [-0.2, 0) is 0 Å². The van der Waals surface area contributed by atoms with Gasteiger partial charge in [0.25, 0.3) is 5.69 Å². The van der Waals surface area contributed by atoms with Gasteiger partial charge in [0.2, 0.25) is 0 Å². The summed E-state index contributed by atoms with van der Waals surface area (Å²) in [5.74, 6) is -0.195. The van der Waals surface area contributed by atoms with Crippen molar-refractivity contribution in [1.82, 2.24) is 0 Å². The van der Waals surface area contributed by atoms with Gasteiger partial charge in [-0.15, -0.1) is 0 Å². The van der Waals surface area contributed by atoms with Gasteiger partial charge < -0.3 is 5.32 Å². The second-order valence-corrected chi connectivity index (χ2v) is 4.56. The zero-order chi connectivity index (χ0) is 15.2. The molecule has 0 spiro atoms.